The van der Waals surface area contributed by atoms with Crippen LogP contribution in [0.15, 0.2) is 20.8 Å². The van der Waals surface area contributed by atoms with Crippen LogP contribution in [0.3, 0.4) is 0 Å². The van der Waals surface area contributed by atoms with Gasteiger partial charge in [-0.2, -0.15) is 0 Å². The number of urea groups is 1. The van der Waals surface area contributed by atoms with E-state index in [2.05, 4.69) is 14.7 Å². The summed E-state index contributed by atoms with van der Waals surface area (Å²) in [5.74, 6) is 0. The van der Waals surface area contributed by atoms with Crippen molar-refractivity contribution in [2.75, 3.05) is 5.32 Å². The molecule has 0 fully saturated rings. The van der Waals surface area contributed by atoms with Crippen LogP contribution in [0.25, 0.3) is 0 Å². The number of anilines is 1. The topological polar surface area (TPSA) is 118 Å². The standard InChI is InChI=1S/C19H24N4O3S2/c1-19(2,25)17-21-10-15(27-17)28(20,26)23-18(24)22-16-13-7-3-5-11(13)9-12-6-4-8-14(12)16/h9-10,25H,3-8H2,1-2H3,(H3,20,22,23,24,26)/i7D2,8D2. The maximum atomic E-state index is 12.9. The molecule has 1 unspecified atom stereocenters. The molecule has 2 aliphatic rings. The largest absolute Gasteiger partial charge is 0.383 e. The second-order valence-corrected chi connectivity index (χ2v) is 10.4. The van der Waals surface area contributed by atoms with E-state index < -0.39 is 34.3 Å². The van der Waals surface area contributed by atoms with Crippen LogP contribution in [-0.4, -0.2) is 20.3 Å². The number of rotatable bonds is 3. The number of aliphatic hydroxyl groups is 1. The Kier molecular flexibility index (Phi) is 3.72. The van der Waals surface area contributed by atoms with Gasteiger partial charge in [-0.15, -0.1) is 15.7 Å². The van der Waals surface area contributed by atoms with Crippen LogP contribution in [-0.2, 0) is 41.1 Å². The molecule has 0 saturated heterocycles. The fraction of sp³-hybridized carbons (Fsp3) is 0.474. The third kappa shape index (κ3) is 3.59. The van der Waals surface area contributed by atoms with E-state index in [9.17, 15) is 14.1 Å². The summed E-state index contributed by atoms with van der Waals surface area (Å²) in [5, 5.41) is 18.6. The molecule has 0 aliphatic heterocycles. The highest BCUT2D eigenvalue weighted by molar-refractivity contribution is 7.93. The Morgan fingerprint density at radius 3 is 2.50 bits per heavy atom. The number of hydrogen-bond donors (Lipinski definition) is 3. The molecule has 2 amide bonds. The molecule has 0 radical (unpaired) electrons. The minimum Gasteiger partial charge on any atom is -0.383 e. The van der Waals surface area contributed by atoms with Crippen LogP contribution in [0.5, 0.6) is 0 Å². The number of aromatic nitrogens is 1. The van der Waals surface area contributed by atoms with Crippen molar-refractivity contribution in [3.8, 4) is 0 Å². The summed E-state index contributed by atoms with van der Waals surface area (Å²) in [6.45, 7) is 3.02. The van der Waals surface area contributed by atoms with Gasteiger partial charge in [0.05, 0.1) is 6.20 Å². The lowest BCUT2D eigenvalue weighted by Crippen LogP contribution is -2.18. The summed E-state index contributed by atoms with van der Waals surface area (Å²) in [7, 11) is -3.68. The zero-order valence-corrected chi connectivity index (χ0v) is 17.2. The highest BCUT2D eigenvalue weighted by Gasteiger charge is 2.26. The number of fused-ring (bicyclic) bond motifs is 2. The Morgan fingerprint density at radius 2 is 1.96 bits per heavy atom. The second kappa shape index (κ2) is 6.91. The smallest absolute Gasteiger partial charge is 0.354 e. The number of benzene rings is 1. The van der Waals surface area contributed by atoms with Gasteiger partial charge in [0.2, 0.25) is 0 Å². The highest BCUT2D eigenvalue weighted by Crippen LogP contribution is 2.38. The lowest BCUT2D eigenvalue weighted by molar-refractivity contribution is 0.0783. The Balaban J connectivity index is 1.76. The number of carbonyl (C=O) groups is 1. The number of nitrogens with zero attached hydrogens (tertiary/aromatic N) is 2. The summed E-state index contributed by atoms with van der Waals surface area (Å²) < 4.78 is 50.1. The lowest BCUT2D eigenvalue weighted by Gasteiger charge is -2.15. The van der Waals surface area contributed by atoms with Gasteiger partial charge in [0.15, 0.2) is 9.92 Å². The van der Waals surface area contributed by atoms with E-state index in [1.54, 1.807) is 0 Å². The average Bonchev–Trinajstić information content (AvgIpc) is 3.31. The summed E-state index contributed by atoms with van der Waals surface area (Å²) in [5.41, 5.74) is 0.739. The number of thiazole rings is 1. The predicted octanol–water partition coefficient (Wildman–Crippen LogP) is 3.28. The van der Waals surface area contributed by atoms with E-state index in [0.29, 0.717) is 12.8 Å². The van der Waals surface area contributed by atoms with Crippen LogP contribution in [0.1, 0.15) is 59.4 Å². The van der Waals surface area contributed by atoms with Gasteiger partial charge in [-0.05, 0) is 74.5 Å². The Morgan fingerprint density at radius 1 is 1.36 bits per heavy atom. The van der Waals surface area contributed by atoms with E-state index in [1.807, 2.05) is 6.07 Å². The number of nitrogens with two attached hydrogens (primary N) is 1. The summed E-state index contributed by atoms with van der Waals surface area (Å²) >= 11 is 0.879. The first-order chi connectivity index (χ1) is 14.6. The molecule has 150 valence electrons. The van der Waals surface area contributed by atoms with Crippen LogP contribution in [0, 0.1) is 0 Å². The van der Waals surface area contributed by atoms with Gasteiger partial charge in [0.1, 0.15) is 14.8 Å². The zero-order valence-electron chi connectivity index (χ0n) is 19.5. The molecular weight excluding hydrogens is 396 g/mol. The van der Waals surface area contributed by atoms with Crippen molar-refractivity contribution in [1.82, 2.24) is 4.98 Å². The maximum absolute atomic E-state index is 12.9. The van der Waals surface area contributed by atoms with E-state index in [1.165, 1.54) is 20.0 Å². The van der Waals surface area contributed by atoms with Crippen LogP contribution < -0.4 is 10.5 Å². The lowest BCUT2D eigenvalue weighted by atomic mass is 9.99. The van der Waals surface area contributed by atoms with Crippen molar-refractivity contribution in [3.63, 3.8) is 0 Å². The van der Waals surface area contributed by atoms with Gasteiger partial charge < -0.3 is 10.4 Å². The fourth-order valence-corrected chi connectivity index (χ4v) is 5.41. The third-order valence-electron chi connectivity index (χ3n) is 4.63. The quantitative estimate of drug-likeness (QED) is 0.701. The molecule has 28 heavy (non-hydrogen) atoms. The summed E-state index contributed by atoms with van der Waals surface area (Å²) in [6.07, 6.45) is -0.874. The van der Waals surface area contributed by atoms with Gasteiger partial charge in [0, 0.05) is 11.2 Å². The number of hydrogen-bond acceptors (Lipinski definition) is 5. The molecule has 4 rings (SSSR count). The van der Waals surface area contributed by atoms with E-state index in [4.69, 9.17) is 10.6 Å². The molecule has 2 aliphatic carbocycles. The number of amides is 2. The first kappa shape index (κ1) is 15.1. The van der Waals surface area contributed by atoms with Crippen molar-refractivity contribution < 1.29 is 19.6 Å². The SMILES string of the molecule is [2H]C1([2H])CCc2cc3c(c(NC(=O)N=S(N)(=O)c4cnc(C(C)(C)O)s4)c21)C([2H])([2H])CC3. The van der Waals surface area contributed by atoms with E-state index >= 15 is 0 Å². The fourth-order valence-electron chi connectivity index (χ4n) is 3.34. The van der Waals surface area contributed by atoms with Crippen molar-refractivity contribution in [1.29, 1.82) is 0 Å². The molecule has 0 saturated carbocycles. The number of carbonyl (C=O) groups excluding carboxylic acids is 1. The molecule has 0 bridgehead atoms. The van der Waals surface area contributed by atoms with Crippen LogP contribution >= 0.6 is 11.3 Å². The molecule has 0 spiro atoms. The van der Waals surface area contributed by atoms with Crippen molar-refractivity contribution >= 4 is 33.0 Å². The second-order valence-electron chi connectivity index (χ2n) is 7.31. The first-order valence-electron chi connectivity index (χ1n) is 10.9. The summed E-state index contributed by atoms with van der Waals surface area (Å²) in [4.78, 5) is 16.8. The number of aryl methyl sites for hydroxylation is 2. The average molecular weight is 425 g/mol. The van der Waals surface area contributed by atoms with Gasteiger partial charge in [0.25, 0.3) is 0 Å². The molecule has 9 heteroatoms. The zero-order chi connectivity index (χ0) is 23.7. The Hall–Kier alpha value is -1.81. The van der Waals surface area contributed by atoms with Gasteiger partial charge in [-0.3, -0.25) is 0 Å². The first-order valence-corrected chi connectivity index (χ1v) is 11.3. The maximum Gasteiger partial charge on any atom is 0.354 e. The van der Waals surface area contributed by atoms with Crippen molar-refractivity contribution in [2.45, 2.75) is 62.1 Å². The predicted molar refractivity (Wildman–Crippen MR) is 110 cm³/mol. The van der Waals surface area contributed by atoms with Gasteiger partial charge in [-0.1, -0.05) is 6.07 Å². The highest BCUT2D eigenvalue weighted by atomic mass is 32.2. The van der Waals surface area contributed by atoms with Crippen LogP contribution in [0.4, 0.5) is 10.5 Å². The van der Waals surface area contributed by atoms with Gasteiger partial charge in [-0.25, -0.2) is 19.1 Å². The molecule has 7 nitrogen and oxygen atoms in total. The molecule has 1 heterocycles. The molecule has 4 N–H and O–H groups in total. The van der Waals surface area contributed by atoms with Crippen molar-refractivity contribution in [3.05, 3.63) is 39.5 Å². The summed E-state index contributed by atoms with van der Waals surface area (Å²) in [6, 6.07) is 0.769. The minimum absolute atomic E-state index is 0.0129. The Bertz CT molecular complexity index is 1200. The minimum atomic E-state index is -3.68. The molecular formula is C19H24N4O3S2. The number of nitrogens with one attached hydrogen (secondary N) is 1. The van der Waals surface area contributed by atoms with Crippen LogP contribution in [0.2, 0.25) is 0 Å². The molecule has 2 aromatic rings. The van der Waals surface area contributed by atoms with Gasteiger partial charge >= 0.3 is 6.03 Å². The monoisotopic (exact) mass is 424 g/mol. The normalized spacial score (nSPS) is 23.4. The van der Waals surface area contributed by atoms with E-state index in [0.717, 1.165) is 22.5 Å². The molecule has 1 aromatic heterocycles. The van der Waals surface area contributed by atoms with Crippen molar-refractivity contribution in [2.24, 2.45) is 9.50 Å². The third-order valence-corrected chi connectivity index (χ3v) is 7.82. The molecule has 1 atom stereocenters. The molecule has 1 aromatic carbocycles. The Labute approximate surface area is 174 Å². The van der Waals surface area contributed by atoms with E-state index in [-0.39, 0.29) is 38.9 Å².